The van der Waals surface area contributed by atoms with Gasteiger partial charge in [-0.1, -0.05) is 18.2 Å². The molecule has 1 atom stereocenters. The molecule has 18 heavy (non-hydrogen) atoms. The number of para-hydroxylation sites is 1. The van der Waals surface area contributed by atoms with Crippen molar-refractivity contribution >= 4 is 16.8 Å². The summed E-state index contributed by atoms with van der Waals surface area (Å²) >= 11 is 0. The van der Waals surface area contributed by atoms with Gasteiger partial charge in [0.2, 0.25) is 5.91 Å². The molecule has 2 heterocycles. The lowest BCUT2D eigenvalue weighted by atomic mass is 9.96. The first-order valence-corrected chi connectivity index (χ1v) is 6.21. The van der Waals surface area contributed by atoms with Crippen molar-refractivity contribution in [3.05, 3.63) is 35.5 Å². The Labute approximate surface area is 106 Å². The quantitative estimate of drug-likeness (QED) is 0.792. The monoisotopic (exact) mass is 243 g/mol. The standard InChI is InChI=1S/C14H17N3O/c1-15-14(18)13-7-10-9-5-3-4-6-11(9)16-12(10)8-17(13)2/h3-6,13,16H,7-8H2,1-2H3,(H,15,18). The minimum Gasteiger partial charge on any atom is -0.358 e. The van der Waals surface area contributed by atoms with Gasteiger partial charge in [0.05, 0.1) is 6.04 Å². The summed E-state index contributed by atoms with van der Waals surface area (Å²) in [7, 11) is 3.69. The van der Waals surface area contributed by atoms with Crippen LogP contribution in [-0.2, 0) is 17.8 Å². The van der Waals surface area contributed by atoms with Gasteiger partial charge in [0, 0.05) is 30.2 Å². The summed E-state index contributed by atoms with van der Waals surface area (Å²) in [5, 5.41) is 3.99. The van der Waals surface area contributed by atoms with Crippen LogP contribution < -0.4 is 5.32 Å². The molecule has 3 rings (SSSR count). The largest absolute Gasteiger partial charge is 0.358 e. The number of amides is 1. The molecule has 1 aliphatic rings. The van der Waals surface area contributed by atoms with Crippen molar-refractivity contribution in [1.82, 2.24) is 15.2 Å². The van der Waals surface area contributed by atoms with Gasteiger partial charge >= 0.3 is 0 Å². The van der Waals surface area contributed by atoms with Gasteiger partial charge in [0.1, 0.15) is 0 Å². The number of carbonyl (C=O) groups excluding carboxylic acids is 1. The maximum Gasteiger partial charge on any atom is 0.237 e. The normalized spacial score (nSPS) is 19.8. The third-order valence-corrected chi connectivity index (χ3v) is 3.79. The van der Waals surface area contributed by atoms with Crippen LogP contribution >= 0.6 is 0 Å². The lowest BCUT2D eigenvalue weighted by molar-refractivity contribution is -0.125. The second kappa shape index (κ2) is 4.14. The van der Waals surface area contributed by atoms with E-state index in [-0.39, 0.29) is 11.9 Å². The third kappa shape index (κ3) is 1.61. The molecule has 0 spiro atoms. The number of hydrogen-bond donors (Lipinski definition) is 2. The first-order chi connectivity index (χ1) is 8.70. The number of hydrogen-bond acceptors (Lipinski definition) is 2. The van der Waals surface area contributed by atoms with Gasteiger partial charge in [-0.05, 0) is 25.1 Å². The second-order valence-corrected chi connectivity index (χ2v) is 4.88. The Kier molecular flexibility index (Phi) is 2.59. The van der Waals surface area contributed by atoms with Crippen molar-refractivity contribution < 1.29 is 4.79 Å². The first-order valence-electron chi connectivity index (χ1n) is 6.21. The van der Waals surface area contributed by atoms with Crippen molar-refractivity contribution in [2.75, 3.05) is 14.1 Å². The highest BCUT2D eigenvalue weighted by atomic mass is 16.2. The van der Waals surface area contributed by atoms with Gasteiger partial charge in [0.25, 0.3) is 0 Å². The van der Waals surface area contributed by atoms with Crippen molar-refractivity contribution in [1.29, 1.82) is 0 Å². The number of likely N-dealkylation sites (N-methyl/N-ethyl adjacent to an activating group) is 2. The van der Waals surface area contributed by atoms with Gasteiger partial charge in [0.15, 0.2) is 0 Å². The van der Waals surface area contributed by atoms with E-state index in [0.717, 1.165) is 18.5 Å². The van der Waals surface area contributed by atoms with Crippen LogP contribution in [0.4, 0.5) is 0 Å². The first kappa shape index (κ1) is 11.3. The molecule has 4 heteroatoms. The molecule has 4 nitrogen and oxygen atoms in total. The smallest absolute Gasteiger partial charge is 0.237 e. The van der Waals surface area contributed by atoms with Crippen LogP contribution in [-0.4, -0.2) is 35.9 Å². The van der Waals surface area contributed by atoms with E-state index >= 15 is 0 Å². The molecule has 94 valence electrons. The zero-order chi connectivity index (χ0) is 12.7. The predicted molar refractivity (Wildman–Crippen MR) is 71.3 cm³/mol. The molecular weight excluding hydrogens is 226 g/mol. The van der Waals surface area contributed by atoms with Gasteiger partial charge in [-0.2, -0.15) is 0 Å². The maximum atomic E-state index is 11.9. The van der Waals surface area contributed by atoms with Crippen LogP contribution in [0.15, 0.2) is 24.3 Å². The van der Waals surface area contributed by atoms with Crippen LogP contribution in [0.25, 0.3) is 10.9 Å². The zero-order valence-corrected chi connectivity index (χ0v) is 10.7. The summed E-state index contributed by atoms with van der Waals surface area (Å²) in [6.45, 7) is 0.794. The van der Waals surface area contributed by atoms with Crippen LogP contribution in [0.1, 0.15) is 11.3 Å². The van der Waals surface area contributed by atoms with Gasteiger partial charge in [-0.25, -0.2) is 0 Å². The van der Waals surface area contributed by atoms with Crippen molar-refractivity contribution in [2.45, 2.75) is 19.0 Å². The molecule has 1 aromatic carbocycles. The molecule has 1 unspecified atom stereocenters. The molecule has 1 amide bonds. The molecule has 0 aliphatic carbocycles. The summed E-state index contributed by atoms with van der Waals surface area (Å²) < 4.78 is 0. The number of H-pyrrole nitrogens is 1. The third-order valence-electron chi connectivity index (χ3n) is 3.79. The lowest BCUT2D eigenvalue weighted by Crippen LogP contribution is -2.47. The summed E-state index contributed by atoms with van der Waals surface area (Å²) in [6.07, 6.45) is 0.773. The topological polar surface area (TPSA) is 48.1 Å². The lowest BCUT2D eigenvalue weighted by Gasteiger charge is -2.31. The van der Waals surface area contributed by atoms with Gasteiger partial charge in [-0.15, -0.1) is 0 Å². The van der Waals surface area contributed by atoms with Crippen LogP contribution in [0.5, 0.6) is 0 Å². The number of aromatic amines is 1. The van der Waals surface area contributed by atoms with Crippen LogP contribution in [0.2, 0.25) is 0 Å². The molecule has 1 aliphatic heterocycles. The van der Waals surface area contributed by atoms with Gasteiger partial charge in [-0.3, -0.25) is 9.69 Å². The highest BCUT2D eigenvalue weighted by Crippen LogP contribution is 2.29. The fourth-order valence-corrected chi connectivity index (χ4v) is 2.79. The van der Waals surface area contributed by atoms with Crippen molar-refractivity contribution in [3.63, 3.8) is 0 Å². The Hall–Kier alpha value is -1.81. The number of nitrogens with one attached hydrogen (secondary N) is 2. The Morgan fingerprint density at radius 3 is 3.00 bits per heavy atom. The Balaban J connectivity index is 2.06. The summed E-state index contributed by atoms with van der Waals surface area (Å²) in [5.74, 6) is 0.0911. The zero-order valence-electron chi connectivity index (χ0n) is 10.7. The molecular formula is C14H17N3O. The summed E-state index contributed by atoms with van der Waals surface area (Å²) in [5.41, 5.74) is 3.68. The molecule has 0 bridgehead atoms. The number of aromatic nitrogens is 1. The van der Waals surface area contributed by atoms with Crippen molar-refractivity contribution in [3.8, 4) is 0 Å². The van der Waals surface area contributed by atoms with Crippen LogP contribution in [0, 0.1) is 0 Å². The SMILES string of the molecule is CNC(=O)C1Cc2c([nH]c3ccccc23)CN1C. The summed E-state index contributed by atoms with van der Waals surface area (Å²) in [6, 6.07) is 8.22. The second-order valence-electron chi connectivity index (χ2n) is 4.88. The maximum absolute atomic E-state index is 11.9. The van der Waals surface area contributed by atoms with E-state index in [1.807, 2.05) is 19.2 Å². The van der Waals surface area contributed by atoms with E-state index < -0.39 is 0 Å². The molecule has 2 aromatic rings. The van der Waals surface area contributed by atoms with E-state index in [4.69, 9.17) is 0 Å². The minimum absolute atomic E-state index is 0.0679. The predicted octanol–water partition coefficient (Wildman–Crippen LogP) is 1.27. The number of rotatable bonds is 1. The number of benzene rings is 1. The molecule has 1 aromatic heterocycles. The average Bonchev–Trinajstić information content (AvgIpc) is 2.74. The highest BCUT2D eigenvalue weighted by Gasteiger charge is 2.30. The Bertz CT molecular complexity index is 602. The van der Waals surface area contributed by atoms with E-state index in [1.54, 1.807) is 7.05 Å². The molecule has 2 N–H and O–H groups in total. The molecule has 0 saturated carbocycles. The van der Waals surface area contributed by atoms with E-state index in [2.05, 4.69) is 27.3 Å². The fourth-order valence-electron chi connectivity index (χ4n) is 2.79. The number of nitrogens with zero attached hydrogens (tertiary/aromatic N) is 1. The average molecular weight is 243 g/mol. The summed E-state index contributed by atoms with van der Waals surface area (Å²) in [4.78, 5) is 17.4. The van der Waals surface area contributed by atoms with Gasteiger partial charge < -0.3 is 10.3 Å². The van der Waals surface area contributed by atoms with Crippen molar-refractivity contribution in [2.24, 2.45) is 0 Å². The number of carbonyl (C=O) groups is 1. The molecule has 0 saturated heterocycles. The number of fused-ring (bicyclic) bond motifs is 3. The highest BCUT2D eigenvalue weighted by molar-refractivity contribution is 5.87. The van der Waals surface area contributed by atoms with E-state index in [0.29, 0.717) is 0 Å². The molecule has 0 radical (unpaired) electrons. The Morgan fingerprint density at radius 2 is 2.22 bits per heavy atom. The van der Waals surface area contributed by atoms with E-state index in [9.17, 15) is 4.79 Å². The molecule has 0 fully saturated rings. The van der Waals surface area contributed by atoms with E-state index in [1.165, 1.54) is 16.6 Å². The fraction of sp³-hybridized carbons (Fsp3) is 0.357. The Morgan fingerprint density at radius 1 is 1.44 bits per heavy atom. The minimum atomic E-state index is -0.0679. The van der Waals surface area contributed by atoms with Crippen LogP contribution in [0.3, 0.4) is 0 Å².